The molecule has 2 aromatic heterocycles. The minimum Gasteiger partial charge on any atom is -0.339 e. The van der Waals surface area contributed by atoms with Crippen molar-refractivity contribution in [2.75, 3.05) is 13.1 Å². The highest BCUT2D eigenvalue weighted by atomic mass is 16.5. The van der Waals surface area contributed by atoms with E-state index in [1.807, 2.05) is 65.0 Å². The van der Waals surface area contributed by atoms with Crippen LogP contribution in [0.15, 0.2) is 71.4 Å². The van der Waals surface area contributed by atoms with Crippen molar-refractivity contribution in [3.63, 3.8) is 0 Å². The molecule has 5 rings (SSSR count). The molecular formula is C25H25N5O2. The quantitative estimate of drug-likeness (QED) is 0.474. The van der Waals surface area contributed by atoms with Crippen molar-refractivity contribution in [2.45, 2.75) is 32.2 Å². The predicted molar refractivity (Wildman–Crippen MR) is 120 cm³/mol. The molecule has 1 amide bonds. The molecule has 0 bridgehead atoms. The third kappa shape index (κ3) is 4.06. The number of hydrogen-bond acceptors (Lipinski definition) is 5. The first-order chi connectivity index (χ1) is 15.7. The zero-order chi connectivity index (χ0) is 21.9. The zero-order valence-electron chi connectivity index (χ0n) is 18.0. The largest absolute Gasteiger partial charge is 0.339 e. The van der Waals surface area contributed by atoms with Crippen LogP contribution in [0.2, 0.25) is 0 Å². The zero-order valence-corrected chi connectivity index (χ0v) is 18.0. The molecule has 4 aromatic rings. The summed E-state index contributed by atoms with van der Waals surface area (Å²) in [7, 11) is 0. The van der Waals surface area contributed by atoms with Crippen LogP contribution in [0.3, 0.4) is 0 Å². The Balaban J connectivity index is 1.22. The van der Waals surface area contributed by atoms with Gasteiger partial charge in [0.1, 0.15) is 0 Å². The third-order valence-electron chi connectivity index (χ3n) is 6.11. The van der Waals surface area contributed by atoms with Crippen molar-refractivity contribution >= 4 is 5.91 Å². The van der Waals surface area contributed by atoms with Crippen molar-refractivity contribution in [1.29, 1.82) is 0 Å². The molecule has 3 heterocycles. The van der Waals surface area contributed by atoms with E-state index in [1.54, 1.807) is 6.20 Å². The van der Waals surface area contributed by atoms with Gasteiger partial charge in [-0.05, 0) is 25.3 Å². The molecule has 0 spiro atoms. The maximum absolute atomic E-state index is 13.1. The number of hydrogen-bond donors (Lipinski definition) is 0. The van der Waals surface area contributed by atoms with Crippen molar-refractivity contribution in [3.05, 3.63) is 89.6 Å². The number of likely N-dealkylation sites (tertiary alicyclic amines) is 1. The van der Waals surface area contributed by atoms with Crippen LogP contribution in [0.1, 0.15) is 46.3 Å². The minimum absolute atomic E-state index is 0.0377. The average Bonchev–Trinajstić information content (AvgIpc) is 3.48. The number of rotatable bonds is 5. The van der Waals surface area contributed by atoms with E-state index in [2.05, 4.69) is 27.4 Å². The summed E-state index contributed by atoms with van der Waals surface area (Å²) < 4.78 is 7.43. The lowest BCUT2D eigenvalue weighted by molar-refractivity contribution is 0.0703. The number of carbonyl (C=O) groups is 1. The molecule has 0 unspecified atom stereocenters. The van der Waals surface area contributed by atoms with Gasteiger partial charge >= 0.3 is 0 Å². The molecule has 0 saturated carbocycles. The van der Waals surface area contributed by atoms with Crippen LogP contribution in [0.25, 0.3) is 11.4 Å². The van der Waals surface area contributed by atoms with E-state index in [0.29, 0.717) is 36.9 Å². The molecule has 1 saturated heterocycles. The second-order valence-electron chi connectivity index (χ2n) is 8.18. The summed E-state index contributed by atoms with van der Waals surface area (Å²) in [6, 6.07) is 20.0. The van der Waals surface area contributed by atoms with Gasteiger partial charge in [-0.1, -0.05) is 65.8 Å². The monoisotopic (exact) mass is 427 g/mol. The summed E-state index contributed by atoms with van der Waals surface area (Å²) in [5, 5.41) is 8.59. The number of amides is 1. The Morgan fingerprint density at radius 1 is 1.03 bits per heavy atom. The Morgan fingerprint density at radius 2 is 1.72 bits per heavy atom. The van der Waals surface area contributed by atoms with Crippen LogP contribution >= 0.6 is 0 Å². The smallest absolute Gasteiger partial charge is 0.257 e. The van der Waals surface area contributed by atoms with Crippen molar-refractivity contribution in [3.8, 4) is 11.4 Å². The van der Waals surface area contributed by atoms with E-state index in [4.69, 9.17) is 4.52 Å². The molecule has 162 valence electrons. The molecule has 1 aliphatic rings. The highest BCUT2D eigenvalue weighted by Gasteiger charge is 2.29. The normalized spacial score (nSPS) is 14.6. The number of benzene rings is 2. The fourth-order valence-corrected chi connectivity index (χ4v) is 4.18. The molecule has 0 radical (unpaired) electrons. The molecule has 7 heteroatoms. The summed E-state index contributed by atoms with van der Waals surface area (Å²) in [6.45, 7) is 3.94. The van der Waals surface area contributed by atoms with E-state index < -0.39 is 0 Å². The maximum Gasteiger partial charge on any atom is 0.257 e. The van der Waals surface area contributed by atoms with Gasteiger partial charge in [0.2, 0.25) is 11.7 Å². The van der Waals surface area contributed by atoms with Gasteiger partial charge in [-0.15, -0.1) is 0 Å². The maximum atomic E-state index is 13.1. The second-order valence-corrected chi connectivity index (χ2v) is 8.18. The Bertz CT molecular complexity index is 1190. The minimum atomic E-state index is 0.0377. The van der Waals surface area contributed by atoms with E-state index in [1.165, 1.54) is 0 Å². The lowest BCUT2D eigenvalue weighted by Gasteiger charge is -2.30. The lowest BCUT2D eigenvalue weighted by atomic mass is 9.96. The van der Waals surface area contributed by atoms with Crippen LogP contribution in [-0.2, 0) is 6.54 Å². The lowest BCUT2D eigenvalue weighted by Crippen LogP contribution is -2.38. The summed E-state index contributed by atoms with van der Waals surface area (Å²) >= 11 is 0. The van der Waals surface area contributed by atoms with Crippen LogP contribution in [0, 0.1) is 6.92 Å². The van der Waals surface area contributed by atoms with Crippen LogP contribution in [-0.4, -0.2) is 43.8 Å². The predicted octanol–water partition coefficient (Wildman–Crippen LogP) is 4.31. The molecule has 7 nitrogen and oxygen atoms in total. The van der Waals surface area contributed by atoms with Gasteiger partial charge in [-0.3, -0.25) is 9.48 Å². The summed E-state index contributed by atoms with van der Waals surface area (Å²) in [5.74, 6) is 1.48. The Hall–Kier alpha value is -3.74. The highest BCUT2D eigenvalue weighted by molar-refractivity contribution is 5.95. The molecule has 1 fully saturated rings. The van der Waals surface area contributed by atoms with E-state index >= 15 is 0 Å². The summed E-state index contributed by atoms with van der Waals surface area (Å²) in [4.78, 5) is 19.6. The first kappa shape index (κ1) is 20.2. The summed E-state index contributed by atoms with van der Waals surface area (Å²) in [6.07, 6.45) is 3.30. The van der Waals surface area contributed by atoms with E-state index in [0.717, 1.165) is 29.7 Å². The molecular weight excluding hydrogens is 402 g/mol. The molecule has 32 heavy (non-hydrogen) atoms. The number of aromatic nitrogens is 4. The number of piperidine rings is 1. The van der Waals surface area contributed by atoms with E-state index in [9.17, 15) is 4.79 Å². The van der Waals surface area contributed by atoms with E-state index in [-0.39, 0.29) is 11.8 Å². The van der Waals surface area contributed by atoms with Gasteiger partial charge in [-0.2, -0.15) is 10.1 Å². The Kier molecular flexibility index (Phi) is 5.54. The van der Waals surface area contributed by atoms with Crippen LogP contribution < -0.4 is 0 Å². The van der Waals surface area contributed by atoms with Crippen LogP contribution in [0.4, 0.5) is 0 Å². The van der Waals surface area contributed by atoms with Crippen molar-refractivity contribution in [2.24, 2.45) is 0 Å². The number of nitrogens with zero attached hydrogens (tertiary/aromatic N) is 5. The van der Waals surface area contributed by atoms with Crippen LogP contribution in [0.5, 0.6) is 0 Å². The Labute approximate surface area is 186 Å². The third-order valence-corrected chi connectivity index (χ3v) is 6.11. The standard InChI is InChI=1S/C25H25N5O2/c1-18-22(16-26-30(18)17-19-8-4-2-5-9-19)25(31)29-14-12-21(13-15-29)24-27-23(28-32-24)20-10-6-3-7-11-20/h2-11,16,21H,12-15,17H2,1H3. The molecule has 2 aromatic carbocycles. The van der Waals surface area contributed by atoms with Crippen molar-refractivity contribution in [1.82, 2.24) is 24.8 Å². The van der Waals surface area contributed by atoms with Gasteiger partial charge in [-0.25, -0.2) is 0 Å². The highest BCUT2D eigenvalue weighted by Crippen LogP contribution is 2.29. The SMILES string of the molecule is Cc1c(C(=O)N2CCC(c3nc(-c4ccccc4)no3)CC2)cnn1Cc1ccccc1. The van der Waals surface area contributed by atoms with Gasteiger partial charge in [0.15, 0.2) is 0 Å². The Morgan fingerprint density at radius 3 is 2.44 bits per heavy atom. The fraction of sp³-hybridized carbons (Fsp3) is 0.280. The molecule has 0 aliphatic carbocycles. The van der Waals surface area contributed by atoms with Gasteiger partial charge in [0.05, 0.1) is 18.3 Å². The molecule has 1 aliphatic heterocycles. The summed E-state index contributed by atoms with van der Waals surface area (Å²) in [5.41, 5.74) is 3.67. The first-order valence-corrected chi connectivity index (χ1v) is 10.9. The van der Waals surface area contributed by atoms with Gasteiger partial charge in [0.25, 0.3) is 5.91 Å². The van der Waals surface area contributed by atoms with Gasteiger partial charge < -0.3 is 9.42 Å². The van der Waals surface area contributed by atoms with Gasteiger partial charge in [0, 0.05) is 30.3 Å². The average molecular weight is 428 g/mol. The molecule has 0 atom stereocenters. The fourth-order valence-electron chi connectivity index (χ4n) is 4.18. The second kappa shape index (κ2) is 8.78. The molecule has 0 N–H and O–H groups in total. The topological polar surface area (TPSA) is 77.1 Å². The number of carbonyl (C=O) groups excluding carboxylic acids is 1. The first-order valence-electron chi connectivity index (χ1n) is 10.9. The van der Waals surface area contributed by atoms with Crippen molar-refractivity contribution < 1.29 is 9.32 Å².